The lowest BCUT2D eigenvalue weighted by Gasteiger charge is -2.04. The van der Waals surface area contributed by atoms with Gasteiger partial charge in [-0.3, -0.25) is 9.48 Å². The average Bonchev–Trinajstić information content (AvgIpc) is 3.47. The van der Waals surface area contributed by atoms with E-state index >= 15 is 0 Å². The number of nitrogens with zero attached hydrogens (tertiary/aromatic N) is 3. The molecule has 4 aromatic rings. The predicted octanol–water partition coefficient (Wildman–Crippen LogP) is 3.03. The number of rotatable bonds is 5. The van der Waals surface area contributed by atoms with Crippen LogP contribution in [0.4, 0.5) is 0 Å². The fourth-order valence-electron chi connectivity index (χ4n) is 3.92. The zero-order chi connectivity index (χ0) is 19.8. The molecule has 1 aliphatic heterocycles. The number of carbonyl (C=O) groups is 1. The Kier molecular flexibility index (Phi) is 4.37. The number of carbonyl (C=O) groups excluding carboxylic acids is 1. The molecule has 0 bridgehead atoms. The van der Waals surface area contributed by atoms with Gasteiger partial charge in [-0.2, -0.15) is 5.10 Å². The number of aryl methyl sites for hydroxylation is 1. The van der Waals surface area contributed by atoms with Crippen molar-refractivity contribution in [2.75, 3.05) is 0 Å². The van der Waals surface area contributed by atoms with E-state index in [-0.39, 0.29) is 19.0 Å². The van der Waals surface area contributed by atoms with Gasteiger partial charge in [-0.15, -0.1) is 0 Å². The number of fused-ring (bicyclic) bond motifs is 2. The van der Waals surface area contributed by atoms with E-state index in [9.17, 15) is 4.79 Å². The van der Waals surface area contributed by atoms with E-state index in [4.69, 9.17) is 10.3 Å². The van der Waals surface area contributed by atoms with Crippen LogP contribution in [0.5, 0.6) is 0 Å². The molecule has 0 atom stereocenters. The highest BCUT2D eigenvalue weighted by Crippen LogP contribution is 2.25. The molecular formula is C22H21N5O2. The fraction of sp³-hybridized carbons (Fsp3) is 0.227. The molecule has 1 amide bonds. The topological polar surface area (TPSA) is 99.0 Å². The van der Waals surface area contributed by atoms with Crippen molar-refractivity contribution in [1.29, 1.82) is 0 Å². The molecule has 7 heteroatoms. The molecule has 5 rings (SSSR count). The van der Waals surface area contributed by atoms with Gasteiger partial charge in [0, 0.05) is 24.7 Å². The lowest BCUT2D eigenvalue weighted by atomic mass is 10.1. The molecule has 0 saturated carbocycles. The van der Waals surface area contributed by atoms with Crippen molar-refractivity contribution in [2.24, 2.45) is 5.73 Å². The second kappa shape index (κ2) is 7.18. The quantitative estimate of drug-likeness (QED) is 0.548. The van der Waals surface area contributed by atoms with Gasteiger partial charge in [0.05, 0.1) is 23.5 Å². The zero-order valence-electron chi connectivity index (χ0n) is 15.9. The Hall–Kier alpha value is -3.45. The Balaban J connectivity index is 1.32. The molecule has 1 aliphatic rings. The molecular weight excluding hydrogens is 366 g/mol. The van der Waals surface area contributed by atoms with Crippen molar-refractivity contribution in [3.63, 3.8) is 0 Å². The number of nitrogens with one attached hydrogen (secondary N) is 1. The Morgan fingerprint density at radius 2 is 2.03 bits per heavy atom. The van der Waals surface area contributed by atoms with E-state index in [1.807, 2.05) is 28.9 Å². The van der Waals surface area contributed by atoms with Gasteiger partial charge in [0.1, 0.15) is 5.69 Å². The summed E-state index contributed by atoms with van der Waals surface area (Å²) in [5.74, 6) is 0.512. The second-order valence-corrected chi connectivity index (χ2v) is 7.23. The smallest absolute Gasteiger partial charge is 0.255 e. The summed E-state index contributed by atoms with van der Waals surface area (Å²) in [6.07, 6.45) is 1.86. The standard InChI is InChI=1S/C22H21N5O2/c23-12-18-21(19-6-3-9-27(19)25-18)22(28)24-13-17-11-20(29-26-17)16-8-7-14-4-1-2-5-15(14)10-16/h1-2,4-5,7-8,10-11H,3,6,9,12-13,23H2,(H,24,28). The lowest BCUT2D eigenvalue weighted by molar-refractivity contribution is 0.0948. The summed E-state index contributed by atoms with van der Waals surface area (Å²) in [4.78, 5) is 12.8. The summed E-state index contributed by atoms with van der Waals surface area (Å²) in [5, 5.41) is 13.8. The van der Waals surface area contributed by atoms with Crippen LogP contribution < -0.4 is 11.1 Å². The highest BCUT2D eigenvalue weighted by atomic mass is 16.5. The van der Waals surface area contributed by atoms with Gasteiger partial charge in [-0.1, -0.05) is 41.6 Å². The normalized spacial score (nSPS) is 13.0. The number of hydrogen-bond donors (Lipinski definition) is 2. The third-order valence-corrected chi connectivity index (χ3v) is 5.36. The first kappa shape index (κ1) is 17.6. The SMILES string of the molecule is NCc1nn2c(c1C(=O)NCc1cc(-c3ccc4ccccc4c3)on1)CCC2. The maximum absolute atomic E-state index is 12.8. The highest BCUT2D eigenvalue weighted by molar-refractivity contribution is 5.96. The van der Waals surface area contributed by atoms with E-state index in [0.29, 0.717) is 22.7 Å². The van der Waals surface area contributed by atoms with Crippen LogP contribution in [0.3, 0.4) is 0 Å². The van der Waals surface area contributed by atoms with E-state index in [1.54, 1.807) is 0 Å². The summed E-state index contributed by atoms with van der Waals surface area (Å²) in [6, 6.07) is 16.2. The summed E-state index contributed by atoms with van der Waals surface area (Å²) in [7, 11) is 0. The first-order chi connectivity index (χ1) is 14.2. The van der Waals surface area contributed by atoms with Crippen molar-refractivity contribution < 1.29 is 9.32 Å². The van der Waals surface area contributed by atoms with Crippen molar-refractivity contribution in [1.82, 2.24) is 20.3 Å². The fourth-order valence-corrected chi connectivity index (χ4v) is 3.92. The number of aromatic nitrogens is 3. The zero-order valence-corrected chi connectivity index (χ0v) is 15.9. The Bertz CT molecular complexity index is 1210. The van der Waals surface area contributed by atoms with E-state index in [2.05, 4.69) is 39.8 Å². The lowest BCUT2D eigenvalue weighted by Crippen LogP contribution is -2.25. The number of hydrogen-bond acceptors (Lipinski definition) is 5. The van der Waals surface area contributed by atoms with Crippen LogP contribution >= 0.6 is 0 Å². The minimum atomic E-state index is -0.163. The molecule has 146 valence electrons. The van der Waals surface area contributed by atoms with Crippen LogP contribution in [0.2, 0.25) is 0 Å². The van der Waals surface area contributed by atoms with E-state index in [1.165, 1.54) is 5.39 Å². The summed E-state index contributed by atoms with van der Waals surface area (Å²) in [5.41, 5.74) is 9.63. The molecule has 2 aromatic carbocycles. The first-order valence-corrected chi connectivity index (χ1v) is 9.74. The maximum Gasteiger partial charge on any atom is 0.255 e. The van der Waals surface area contributed by atoms with Crippen LogP contribution in [-0.4, -0.2) is 20.8 Å². The summed E-state index contributed by atoms with van der Waals surface area (Å²) < 4.78 is 7.40. The van der Waals surface area contributed by atoms with Gasteiger partial charge >= 0.3 is 0 Å². The minimum Gasteiger partial charge on any atom is -0.356 e. The molecule has 0 saturated heterocycles. The maximum atomic E-state index is 12.8. The Morgan fingerprint density at radius 1 is 1.17 bits per heavy atom. The monoisotopic (exact) mass is 387 g/mol. The minimum absolute atomic E-state index is 0.163. The molecule has 2 aromatic heterocycles. The molecule has 3 N–H and O–H groups in total. The van der Waals surface area contributed by atoms with Crippen LogP contribution in [0.15, 0.2) is 53.1 Å². The van der Waals surface area contributed by atoms with Crippen molar-refractivity contribution in [2.45, 2.75) is 32.5 Å². The van der Waals surface area contributed by atoms with Crippen LogP contribution in [-0.2, 0) is 26.1 Å². The van der Waals surface area contributed by atoms with Gasteiger partial charge in [-0.05, 0) is 29.7 Å². The summed E-state index contributed by atoms with van der Waals surface area (Å²) >= 11 is 0. The largest absolute Gasteiger partial charge is 0.356 e. The number of amides is 1. The van der Waals surface area contributed by atoms with Gasteiger partial charge in [0.15, 0.2) is 5.76 Å². The van der Waals surface area contributed by atoms with Crippen LogP contribution in [0.1, 0.15) is 33.9 Å². The van der Waals surface area contributed by atoms with E-state index < -0.39 is 0 Å². The molecule has 0 radical (unpaired) electrons. The number of nitrogens with two attached hydrogens (primary N) is 1. The van der Waals surface area contributed by atoms with Gasteiger partial charge in [0.2, 0.25) is 0 Å². The van der Waals surface area contributed by atoms with Gasteiger partial charge < -0.3 is 15.6 Å². The van der Waals surface area contributed by atoms with Gasteiger partial charge in [-0.25, -0.2) is 0 Å². The molecule has 0 aliphatic carbocycles. The Labute approximate surface area is 167 Å². The molecule has 29 heavy (non-hydrogen) atoms. The molecule has 3 heterocycles. The average molecular weight is 387 g/mol. The molecule has 0 fully saturated rings. The first-order valence-electron chi connectivity index (χ1n) is 9.74. The molecule has 0 unspecified atom stereocenters. The van der Waals surface area contributed by atoms with Crippen molar-refractivity contribution in [3.8, 4) is 11.3 Å². The van der Waals surface area contributed by atoms with Crippen LogP contribution in [0, 0.1) is 0 Å². The summed E-state index contributed by atoms with van der Waals surface area (Å²) in [6.45, 7) is 1.37. The highest BCUT2D eigenvalue weighted by Gasteiger charge is 2.25. The van der Waals surface area contributed by atoms with Gasteiger partial charge in [0.25, 0.3) is 5.91 Å². The van der Waals surface area contributed by atoms with E-state index in [0.717, 1.165) is 36.0 Å². The third-order valence-electron chi connectivity index (χ3n) is 5.36. The Morgan fingerprint density at radius 3 is 2.90 bits per heavy atom. The third kappa shape index (κ3) is 3.19. The number of benzene rings is 2. The molecule has 0 spiro atoms. The van der Waals surface area contributed by atoms with Crippen molar-refractivity contribution >= 4 is 16.7 Å². The second-order valence-electron chi connectivity index (χ2n) is 7.23. The van der Waals surface area contributed by atoms with Crippen molar-refractivity contribution in [3.05, 3.63) is 71.2 Å². The van der Waals surface area contributed by atoms with Crippen LogP contribution in [0.25, 0.3) is 22.1 Å². The molecule has 7 nitrogen and oxygen atoms in total. The predicted molar refractivity (Wildman–Crippen MR) is 109 cm³/mol.